The molecule has 0 saturated carbocycles. The minimum absolute atomic E-state index is 0.0778. The topological polar surface area (TPSA) is 86.2 Å². The van der Waals surface area contributed by atoms with E-state index in [1.165, 1.54) is 135 Å². The van der Waals surface area contributed by atoms with Gasteiger partial charge < -0.3 is 11.5 Å². The Hall–Kier alpha value is -1.06. The van der Waals surface area contributed by atoms with E-state index in [9.17, 15) is 9.59 Å². The Bertz CT molecular complexity index is 481. The average Bonchev–Trinajstić information content (AvgIpc) is 2.85. The van der Waals surface area contributed by atoms with Crippen molar-refractivity contribution < 1.29 is 9.59 Å². The van der Waals surface area contributed by atoms with Crippen molar-refractivity contribution in [2.45, 2.75) is 187 Å². The van der Waals surface area contributed by atoms with Gasteiger partial charge in [-0.2, -0.15) is 0 Å². The number of primary amides is 2. The standard InChI is InChI=1S/C32H64N2O2/c1-2-3-4-5-6-7-8-12-15-18-21-24-27-30(32(34)36)28-25-22-19-16-13-10-9-11-14-17-20-23-26-29-31(33)35/h30H,2-29H2,1H3,(H2,33,35)(H2,34,36). The van der Waals surface area contributed by atoms with Gasteiger partial charge in [0.15, 0.2) is 0 Å². The van der Waals surface area contributed by atoms with E-state index in [0.29, 0.717) is 6.42 Å². The number of unbranched alkanes of at least 4 members (excludes halogenated alkanes) is 23. The highest BCUT2D eigenvalue weighted by Crippen LogP contribution is 2.20. The third-order valence-corrected chi connectivity index (χ3v) is 7.78. The van der Waals surface area contributed by atoms with Crippen molar-refractivity contribution in [2.24, 2.45) is 17.4 Å². The molecule has 0 aromatic rings. The van der Waals surface area contributed by atoms with Crippen molar-refractivity contribution in [3.63, 3.8) is 0 Å². The highest BCUT2D eigenvalue weighted by molar-refractivity contribution is 5.76. The molecule has 1 atom stereocenters. The van der Waals surface area contributed by atoms with E-state index in [-0.39, 0.29) is 17.7 Å². The molecule has 0 aliphatic heterocycles. The van der Waals surface area contributed by atoms with Crippen LogP contribution in [0.4, 0.5) is 0 Å². The summed E-state index contributed by atoms with van der Waals surface area (Å²) in [6, 6.07) is 0. The van der Waals surface area contributed by atoms with E-state index >= 15 is 0 Å². The van der Waals surface area contributed by atoms with E-state index < -0.39 is 0 Å². The first-order valence-corrected chi connectivity index (χ1v) is 16.2. The maximum absolute atomic E-state index is 11.8. The molecule has 4 N–H and O–H groups in total. The van der Waals surface area contributed by atoms with Crippen molar-refractivity contribution >= 4 is 11.8 Å². The molecule has 1 unspecified atom stereocenters. The fourth-order valence-corrected chi connectivity index (χ4v) is 5.30. The molecule has 4 nitrogen and oxygen atoms in total. The molecule has 0 aliphatic carbocycles. The lowest BCUT2D eigenvalue weighted by atomic mass is 9.93. The summed E-state index contributed by atoms with van der Waals surface area (Å²) in [5, 5.41) is 0. The molecule has 0 bridgehead atoms. The SMILES string of the molecule is CCCCCCCCCCCCCCC(CCCCCCCCCCCCCCCC(N)=O)C(N)=O. The van der Waals surface area contributed by atoms with Crippen LogP contribution in [0.15, 0.2) is 0 Å². The summed E-state index contributed by atoms with van der Waals surface area (Å²) < 4.78 is 0. The summed E-state index contributed by atoms with van der Waals surface area (Å²) in [7, 11) is 0. The zero-order valence-electron chi connectivity index (χ0n) is 24.3. The smallest absolute Gasteiger partial charge is 0.220 e. The lowest BCUT2D eigenvalue weighted by Gasteiger charge is -2.13. The summed E-state index contributed by atoms with van der Waals surface area (Å²) in [5.41, 5.74) is 10.8. The predicted molar refractivity (Wildman–Crippen MR) is 157 cm³/mol. The van der Waals surface area contributed by atoms with Gasteiger partial charge in [-0.3, -0.25) is 9.59 Å². The number of carbonyl (C=O) groups excluding carboxylic acids is 2. The largest absolute Gasteiger partial charge is 0.370 e. The molecule has 0 rings (SSSR count). The Labute approximate surface area is 225 Å². The van der Waals surface area contributed by atoms with Gasteiger partial charge in [-0.25, -0.2) is 0 Å². The van der Waals surface area contributed by atoms with Crippen molar-refractivity contribution in [3.05, 3.63) is 0 Å². The number of carbonyl (C=O) groups is 2. The van der Waals surface area contributed by atoms with Crippen molar-refractivity contribution in [1.29, 1.82) is 0 Å². The van der Waals surface area contributed by atoms with Crippen LogP contribution in [-0.2, 0) is 9.59 Å². The second-order valence-electron chi connectivity index (χ2n) is 11.4. The van der Waals surface area contributed by atoms with Crippen LogP contribution in [0, 0.1) is 5.92 Å². The van der Waals surface area contributed by atoms with E-state index in [1.54, 1.807) is 0 Å². The summed E-state index contributed by atoms with van der Waals surface area (Å²) >= 11 is 0. The fourth-order valence-electron chi connectivity index (χ4n) is 5.30. The first-order valence-electron chi connectivity index (χ1n) is 16.2. The van der Waals surface area contributed by atoms with Gasteiger partial charge >= 0.3 is 0 Å². The third kappa shape index (κ3) is 27.5. The molecule has 0 spiro atoms. The Balaban J connectivity index is 3.40. The lowest BCUT2D eigenvalue weighted by Crippen LogP contribution is -2.23. The second kappa shape index (κ2) is 28.5. The lowest BCUT2D eigenvalue weighted by molar-refractivity contribution is -0.122. The van der Waals surface area contributed by atoms with Gasteiger partial charge in [0.1, 0.15) is 0 Å². The van der Waals surface area contributed by atoms with Crippen LogP contribution >= 0.6 is 0 Å². The molecule has 0 aromatic carbocycles. The molecule has 2 amide bonds. The maximum atomic E-state index is 11.8. The second-order valence-corrected chi connectivity index (χ2v) is 11.4. The first-order chi connectivity index (χ1) is 17.6. The minimum atomic E-state index is -0.169. The number of rotatable bonds is 30. The Kier molecular flexibility index (Phi) is 27.7. The van der Waals surface area contributed by atoms with Gasteiger partial charge in [-0.1, -0.05) is 161 Å². The molecular weight excluding hydrogens is 444 g/mol. The van der Waals surface area contributed by atoms with Crippen molar-refractivity contribution in [1.82, 2.24) is 0 Å². The maximum Gasteiger partial charge on any atom is 0.220 e. The number of hydrogen-bond donors (Lipinski definition) is 2. The van der Waals surface area contributed by atoms with E-state index in [1.807, 2.05) is 0 Å². The Morgan fingerprint density at radius 1 is 0.444 bits per heavy atom. The number of hydrogen-bond acceptors (Lipinski definition) is 2. The summed E-state index contributed by atoms with van der Waals surface area (Å²) in [4.78, 5) is 22.5. The third-order valence-electron chi connectivity index (χ3n) is 7.78. The quantitative estimate of drug-likeness (QED) is 0.0946. The van der Waals surface area contributed by atoms with E-state index in [0.717, 1.165) is 38.5 Å². The van der Waals surface area contributed by atoms with Crippen LogP contribution in [0.2, 0.25) is 0 Å². The number of nitrogens with two attached hydrogens (primary N) is 2. The normalized spacial score (nSPS) is 12.1. The summed E-state index contributed by atoms with van der Waals surface area (Å²) in [6.07, 6.45) is 35.2. The fraction of sp³-hybridized carbons (Fsp3) is 0.938. The van der Waals surface area contributed by atoms with Crippen LogP contribution in [0.3, 0.4) is 0 Å². The Morgan fingerprint density at radius 3 is 1.00 bits per heavy atom. The van der Waals surface area contributed by atoms with Crippen molar-refractivity contribution in [2.75, 3.05) is 0 Å². The molecule has 214 valence electrons. The van der Waals surface area contributed by atoms with Crippen LogP contribution in [0.1, 0.15) is 187 Å². The predicted octanol–water partition coefficient (Wildman–Crippen LogP) is 9.52. The molecule has 0 heterocycles. The van der Waals surface area contributed by atoms with E-state index in [4.69, 9.17) is 11.5 Å². The first kappa shape index (κ1) is 34.9. The summed E-state index contributed by atoms with van der Waals surface area (Å²) in [5.74, 6) is -0.146. The van der Waals surface area contributed by atoms with Crippen LogP contribution < -0.4 is 11.5 Å². The number of amides is 2. The van der Waals surface area contributed by atoms with Crippen LogP contribution in [-0.4, -0.2) is 11.8 Å². The molecular formula is C32H64N2O2. The molecule has 0 aromatic heterocycles. The average molecular weight is 509 g/mol. The molecule has 0 radical (unpaired) electrons. The van der Waals surface area contributed by atoms with Gasteiger partial charge in [0.25, 0.3) is 0 Å². The van der Waals surface area contributed by atoms with Gasteiger partial charge in [0.05, 0.1) is 0 Å². The van der Waals surface area contributed by atoms with Gasteiger partial charge in [0.2, 0.25) is 11.8 Å². The van der Waals surface area contributed by atoms with Crippen LogP contribution in [0.25, 0.3) is 0 Å². The highest BCUT2D eigenvalue weighted by Gasteiger charge is 2.14. The molecule has 36 heavy (non-hydrogen) atoms. The van der Waals surface area contributed by atoms with E-state index in [2.05, 4.69) is 6.92 Å². The molecule has 0 fully saturated rings. The zero-order chi connectivity index (χ0) is 26.5. The zero-order valence-corrected chi connectivity index (χ0v) is 24.3. The molecule has 4 heteroatoms. The molecule has 0 saturated heterocycles. The van der Waals surface area contributed by atoms with Crippen molar-refractivity contribution in [3.8, 4) is 0 Å². The van der Waals surface area contributed by atoms with Gasteiger partial charge in [0, 0.05) is 12.3 Å². The van der Waals surface area contributed by atoms with Crippen LogP contribution in [0.5, 0.6) is 0 Å². The molecule has 0 aliphatic rings. The summed E-state index contributed by atoms with van der Waals surface area (Å²) in [6.45, 7) is 2.28. The Morgan fingerprint density at radius 2 is 0.722 bits per heavy atom. The van der Waals surface area contributed by atoms with Gasteiger partial charge in [-0.05, 0) is 19.3 Å². The van der Waals surface area contributed by atoms with Gasteiger partial charge in [-0.15, -0.1) is 0 Å². The monoisotopic (exact) mass is 508 g/mol. The highest BCUT2D eigenvalue weighted by atomic mass is 16.1. The minimum Gasteiger partial charge on any atom is -0.370 e.